The van der Waals surface area contributed by atoms with E-state index in [0.717, 1.165) is 70.6 Å². The fourth-order valence-electron chi connectivity index (χ4n) is 5.03. The molecule has 1 amide bonds. The Hall–Kier alpha value is -2.37. The van der Waals surface area contributed by atoms with Crippen LogP contribution in [-0.4, -0.2) is 35.6 Å². The summed E-state index contributed by atoms with van der Waals surface area (Å²) in [7, 11) is 0. The van der Waals surface area contributed by atoms with E-state index in [1.807, 2.05) is 0 Å². The van der Waals surface area contributed by atoms with Crippen LogP contribution in [0.4, 0.5) is 0 Å². The van der Waals surface area contributed by atoms with Gasteiger partial charge in [0.15, 0.2) is 0 Å². The van der Waals surface area contributed by atoms with Gasteiger partial charge >= 0.3 is 11.9 Å². The van der Waals surface area contributed by atoms with Gasteiger partial charge in [0.25, 0.3) is 0 Å². The highest BCUT2D eigenvalue weighted by Crippen LogP contribution is 2.15. The summed E-state index contributed by atoms with van der Waals surface area (Å²) in [6, 6.07) is 0. The second-order valence-electron chi connectivity index (χ2n) is 12.1. The quantitative estimate of drug-likeness (QED) is 0.0445. The third-order valence-corrected chi connectivity index (χ3v) is 7.77. The minimum Gasteiger partial charge on any atom is -0.480 e. The molecular weight excluding hydrogens is 550 g/mol. The zero-order chi connectivity index (χ0) is 32.4. The topological polar surface area (TPSA) is 92.7 Å². The SMILES string of the molecule is CCCC/C=C\C(CCCCCCC(=O)NCC(=O)O)OC(=O)CCCCCCCCCCC/C=C\C/C=C\CCCCC. The van der Waals surface area contributed by atoms with Gasteiger partial charge in [0.2, 0.25) is 5.91 Å². The molecule has 0 saturated heterocycles. The van der Waals surface area contributed by atoms with E-state index in [2.05, 4.69) is 55.6 Å². The Morgan fingerprint density at radius 2 is 1.14 bits per heavy atom. The fraction of sp³-hybridized carbons (Fsp3) is 0.763. The maximum atomic E-state index is 12.5. The van der Waals surface area contributed by atoms with Crippen LogP contribution in [0.15, 0.2) is 36.5 Å². The van der Waals surface area contributed by atoms with Gasteiger partial charge in [-0.15, -0.1) is 0 Å². The molecule has 6 heteroatoms. The van der Waals surface area contributed by atoms with Gasteiger partial charge in [-0.1, -0.05) is 128 Å². The van der Waals surface area contributed by atoms with E-state index in [-0.39, 0.29) is 24.5 Å². The van der Waals surface area contributed by atoms with Crippen LogP contribution >= 0.6 is 0 Å². The lowest BCUT2D eigenvalue weighted by molar-refractivity contribution is -0.147. The smallest absolute Gasteiger partial charge is 0.322 e. The molecule has 0 aromatic carbocycles. The molecule has 0 rings (SSSR count). The molecule has 0 fully saturated rings. The van der Waals surface area contributed by atoms with Crippen LogP contribution in [0.2, 0.25) is 0 Å². The molecule has 0 aromatic rings. The second kappa shape index (κ2) is 33.5. The minimum absolute atomic E-state index is 0.0951. The van der Waals surface area contributed by atoms with Crippen molar-refractivity contribution in [3.8, 4) is 0 Å². The lowest BCUT2D eigenvalue weighted by Gasteiger charge is -2.15. The van der Waals surface area contributed by atoms with Crippen molar-refractivity contribution in [2.75, 3.05) is 6.54 Å². The van der Waals surface area contributed by atoms with Crippen molar-refractivity contribution in [1.82, 2.24) is 5.32 Å². The number of nitrogens with one attached hydrogen (secondary N) is 1. The molecule has 2 N–H and O–H groups in total. The number of unbranched alkanes of at least 4 members (excludes halogenated alkanes) is 17. The number of allylic oxidation sites excluding steroid dienone is 5. The summed E-state index contributed by atoms with van der Waals surface area (Å²) in [5, 5.41) is 11.0. The predicted octanol–water partition coefficient (Wildman–Crippen LogP) is 10.6. The molecule has 254 valence electrons. The molecule has 1 unspecified atom stereocenters. The lowest BCUT2D eigenvalue weighted by Crippen LogP contribution is -2.28. The summed E-state index contributed by atoms with van der Waals surface area (Å²) in [6.07, 6.45) is 40.1. The Morgan fingerprint density at radius 1 is 0.614 bits per heavy atom. The second-order valence-corrected chi connectivity index (χ2v) is 12.1. The first-order valence-corrected chi connectivity index (χ1v) is 18.1. The Kier molecular flexibility index (Phi) is 31.7. The van der Waals surface area contributed by atoms with Gasteiger partial charge in [0, 0.05) is 12.8 Å². The van der Waals surface area contributed by atoms with Gasteiger partial charge in [0.1, 0.15) is 12.6 Å². The normalized spacial score (nSPS) is 12.4. The van der Waals surface area contributed by atoms with Crippen molar-refractivity contribution < 1.29 is 24.2 Å². The van der Waals surface area contributed by atoms with E-state index >= 15 is 0 Å². The first-order valence-electron chi connectivity index (χ1n) is 18.1. The summed E-state index contributed by atoms with van der Waals surface area (Å²) in [4.78, 5) is 34.6. The zero-order valence-electron chi connectivity index (χ0n) is 28.5. The van der Waals surface area contributed by atoms with Crippen molar-refractivity contribution >= 4 is 17.8 Å². The van der Waals surface area contributed by atoms with Gasteiger partial charge in [-0.05, 0) is 70.3 Å². The predicted molar refractivity (Wildman–Crippen MR) is 185 cm³/mol. The number of carbonyl (C=O) groups excluding carboxylic acids is 2. The number of rotatable bonds is 32. The van der Waals surface area contributed by atoms with Gasteiger partial charge < -0.3 is 15.2 Å². The molecule has 0 spiro atoms. The average Bonchev–Trinajstić information content (AvgIpc) is 3.00. The molecule has 0 aliphatic carbocycles. The molecule has 1 atom stereocenters. The summed E-state index contributed by atoms with van der Waals surface area (Å²) in [5.41, 5.74) is 0. The largest absolute Gasteiger partial charge is 0.480 e. The highest BCUT2D eigenvalue weighted by molar-refractivity contribution is 5.80. The van der Waals surface area contributed by atoms with Crippen molar-refractivity contribution in [2.45, 2.75) is 180 Å². The number of ether oxygens (including phenoxy) is 1. The van der Waals surface area contributed by atoms with E-state index in [4.69, 9.17) is 9.84 Å². The number of carboxylic acids is 1. The van der Waals surface area contributed by atoms with Gasteiger partial charge in [-0.2, -0.15) is 0 Å². The number of esters is 1. The van der Waals surface area contributed by atoms with E-state index in [1.165, 1.54) is 77.0 Å². The lowest BCUT2D eigenvalue weighted by atomic mass is 10.1. The van der Waals surface area contributed by atoms with E-state index in [1.54, 1.807) is 0 Å². The van der Waals surface area contributed by atoms with Gasteiger partial charge in [-0.3, -0.25) is 14.4 Å². The maximum absolute atomic E-state index is 12.5. The van der Waals surface area contributed by atoms with Crippen molar-refractivity contribution in [3.05, 3.63) is 36.5 Å². The Morgan fingerprint density at radius 3 is 1.75 bits per heavy atom. The van der Waals surface area contributed by atoms with Crippen molar-refractivity contribution in [2.24, 2.45) is 0 Å². The first-order chi connectivity index (χ1) is 21.5. The number of amides is 1. The number of carbonyl (C=O) groups is 3. The fourth-order valence-corrected chi connectivity index (χ4v) is 5.03. The third kappa shape index (κ3) is 32.5. The standard InChI is InChI=1S/C38H67NO5/c1-3-5-7-9-10-11-12-13-14-15-16-17-18-19-20-21-22-23-29-33-38(43)44-35(30-26-8-6-4-2)31-27-24-25-28-32-36(40)39-34-37(41)42/h10-11,13-14,26,30,35H,3-9,12,15-25,27-29,31-34H2,1-2H3,(H,39,40)(H,41,42)/b11-10-,14-13-,30-26-. The van der Waals surface area contributed by atoms with Crippen molar-refractivity contribution in [1.29, 1.82) is 0 Å². The van der Waals surface area contributed by atoms with Gasteiger partial charge in [-0.25, -0.2) is 0 Å². The molecule has 0 heterocycles. The molecule has 0 aliphatic rings. The molecule has 0 aromatic heterocycles. The average molecular weight is 618 g/mol. The van der Waals surface area contributed by atoms with Crippen LogP contribution in [0.5, 0.6) is 0 Å². The molecule has 0 aliphatic heterocycles. The molecular formula is C38H67NO5. The summed E-state index contributed by atoms with van der Waals surface area (Å²) >= 11 is 0. The number of aliphatic carboxylic acids is 1. The number of hydrogen-bond donors (Lipinski definition) is 2. The van der Waals surface area contributed by atoms with Crippen LogP contribution < -0.4 is 5.32 Å². The molecule has 0 saturated carbocycles. The molecule has 0 radical (unpaired) electrons. The molecule has 6 nitrogen and oxygen atoms in total. The highest BCUT2D eigenvalue weighted by Gasteiger charge is 2.12. The monoisotopic (exact) mass is 618 g/mol. The van der Waals surface area contributed by atoms with Crippen LogP contribution in [0.25, 0.3) is 0 Å². The number of carboxylic acid groups (broad SMARTS) is 1. The number of hydrogen-bond acceptors (Lipinski definition) is 4. The molecule has 0 bridgehead atoms. The van der Waals surface area contributed by atoms with E-state index in [0.29, 0.717) is 12.8 Å². The van der Waals surface area contributed by atoms with Crippen LogP contribution in [0.1, 0.15) is 174 Å². The summed E-state index contributed by atoms with van der Waals surface area (Å²) in [5.74, 6) is -1.34. The van der Waals surface area contributed by atoms with E-state index in [9.17, 15) is 14.4 Å². The Bertz CT molecular complexity index is 773. The van der Waals surface area contributed by atoms with Crippen LogP contribution in [0.3, 0.4) is 0 Å². The van der Waals surface area contributed by atoms with Gasteiger partial charge in [0.05, 0.1) is 0 Å². The van der Waals surface area contributed by atoms with Crippen LogP contribution in [0, 0.1) is 0 Å². The Balaban J connectivity index is 3.86. The van der Waals surface area contributed by atoms with E-state index < -0.39 is 5.97 Å². The zero-order valence-corrected chi connectivity index (χ0v) is 28.5. The van der Waals surface area contributed by atoms with Crippen LogP contribution in [-0.2, 0) is 19.1 Å². The Labute approximate surface area is 270 Å². The summed E-state index contributed by atoms with van der Waals surface area (Å²) < 4.78 is 5.81. The highest BCUT2D eigenvalue weighted by atomic mass is 16.5. The molecule has 44 heavy (non-hydrogen) atoms. The first kappa shape index (κ1) is 41.6. The summed E-state index contributed by atoms with van der Waals surface area (Å²) in [6.45, 7) is 4.09. The van der Waals surface area contributed by atoms with Crippen molar-refractivity contribution in [3.63, 3.8) is 0 Å². The third-order valence-electron chi connectivity index (χ3n) is 7.77. The maximum Gasteiger partial charge on any atom is 0.322 e. The minimum atomic E-state index is -1.03.